The number of aryl methyl sites for hydroxylation is 1. The maximum atomic E-state index is 13.6. The number of anilines is 1. The highest BCUT2D eigenvalue weighted by atomic mass is 32.2. The lowest BCUT2D eigenvalue weighted by Gasteiger charge is -2.36. The Morgan fingerprint density at radius 3 is 2.69 bits per heavy atom. The van der Waals surface area contributed by atoms with E-state index in [1.807, 2.05) is 34.7 Å². The Balaban J connectivity index is 1.47. The largest absolute Gasteiger partial charge is 0.482 e. The van der Waals surface area contributed by atoms with E-state index in [0.29, 0.717) is 29.6 Å². The fourth-order valence-electron chi connectivity index (χ4n) is 5.70. The second-order valence-electron chi connectivity index (χ2n) is 11.0. The predicted octanol–water partition coefficient (Wildman–Crippen LogP) is 4.74. The van der Waals surface area contributed by atoms with Crippen molar-refractivity contribution in [3.05, 3.63) is 41.6 Å². The van der Waals surface area contributed by atoms with Crippen molar-refractivity contribution in [1.82, 2.24) is 23.8 Å². The molecule has 6 rings (SSSR count). The highest BCUT2D eigenvalue weighted by Gasteiger charge is 2.30. The number of amides is 1. The fraction of sp³-hybridized carbons (Fsp3) is 0.483. The van der Waals surface area contributed by atoms with Crippen LogP contribution in [-0.4, -0.2) is 68.8 Å². The van der Waals surface area contributed by atoms with Gasteiger partial charge in [0.2, 0.25) is 0 Å². The number of hydrogen-bond donors (Lipinski definition) is 1. The first kappa shape index (κ1) is 26.0. The molecule has 10 heteroatoms. The summed E-state index contributed by atoms with van der Waals surface area (Å²) in [6.45, 7) is 5.63. The molecule has 1 saturated heterocycles. The van der Waals surface area contributed by atoms with E-state index in [2.05, 4.69) is 40.9 Å². The van der Waals surface area contributed by atoms with Gasteiger partial charge < -0.3 is 24.2 Å². The Morgan fingerprint density at radius 2 is 1.97 bits per heavy atom. The first-order valence-corrected chi connectivity index (χ1v) is 14.9. The van der Waals surface area contributed by atoms with E-state index < -0.39 is 0 Å². The molecule has 5 heterocycles. The Hall–Kier alpha value is -3.24. The minimum Gasteiger partial charge on any atom is -0.482 e. The van der Waals surface area contributed by atoms with Crippen molar-refractivity contribution < 1.29 is 9.53 Å². The van der Waals surface area contributed by atoms with Gasteiger partial charge >= 0.3 is 0 Å². The minimum atomic E-state index is -0.0295. The van der Waals surface area contributed by atoms with Gasteiger partial charge in [0.1, 0.15) is 22.8 Å². The summed E-state index contributed by atoms with van der Waals surface area (Å²) in [5.74, 6) is 2.16. The monoisotopic (exact) mass is 547 g/mol. The van der Waals surface area contributed by atoms with Crippen LogP contribution in [-0.2, 0) is 6.54 Å². The summed E-state index contributed by atoms with van der Waals surface area (Å²) in [6, 6.07) is 10.3. The van der Waals surface area contributed by atoms with Crippen LogP contribution in [0, 0.1) is 12.8 Å². The number of aromatic nitrogens is 4. The lowest BCUT2D eigenvalue weighted by Crippen LogP contribution is -2.50. The van der Waals surface area contributed by atoms with Crippen LogP contribution >= 0.6 is 11.9 Å². The van der Waals surface area contributed by atoms with Gasteiger partial charge in [-0.2, -0.15) is 0 Å². The van der Waals surface area contributed by atoms with Crippen LogP contribution in [0.15, 0.2) is 30.3 Å². The smallest absolute Gasteiger partial charge is 0.254 e. The van der Waals surface area contributed by atoms with Crippen LogP contribution in [0.4, 0.5) is 5.82 Å². The first-order valence-electron chi connectivity index (χ1n) is 13.7. The van der Waals surface area contributed by atoms with E-state index in [0.717, 1.165) is 53.3 Å². The summed E-state index contributed by atoms with van der Waals surface area (Å²) in [5.41, 5.74) is 11.3. The molecule has 2 fully saturated rings. The second-order valence-corrected chi connectivity index (χ2v) is 11.9. The zero-order valence-corrected chi connectivity index (χ0v) is 24.2. The molecule has 1 saturated carbocycles. The topological polar surface area (TPSA) is 93.9 Å². The van der Waals surface area contributed by atoms with Crippen LogP contribution in [0.3, 0.4) is 0 Å². The second kappa shape index (κ2) is 10.1. The molecular weight excluding hydrogens is 510 g/mol. The molecule has 1 aliphatic heterocycles. The Labute approximate surface area is 233 Å². The van der Waals surface area contributed by atoms with Gasteiger partial charge in [-0.05, 0) is 69.7 Å². The number of nitrogens with zero attached hydrogens (tertiary/aromatic N) is 6. The van der Waals surface area contributed by atoms with Crippen LogP contribution in [0.25, 0.3) is 28.1 Å². The molecule has 1 aliphatic carbocycles. The van der Waals surface area contributed by atoms with Crippen LogP contribution < -0.4 is 14.8 Å². The molecule has 0 spiro atoms. The minimum absolute atomic E-state index is 0.00858. The molecule has 9 nitrogen and oxygen atoms in total. The van der Waals surface area contributed by atoms with Crippen molar-refractivity contribution in [2.45, 2.75) is 58.2 Å². The lowest BCUT2D eigenvalue weighted by atomic mass is 9.99. The van der Waals surface area contributed by atoms with Gasteiger partial charge in [-0.3, -0.25) is 9.20 Å². The molecule has 0 bridgehead atoms. The fourth-order valence-corrected chi connectivity index (χ4v) is 5.99. The van der Waals surface area contributed by atoms with E-state index in [9.17, 15) is 4.79 Å². The number of imidazole rings is 1. The van der Waals surface area contributed by atoms with Crippen molar-refractivity contribution in [2.24, 2.45) is 11.7 Å². The van der Waals surface area contributed by atoms with E-state index >= 15 is 0 Å². The molecule has 2 N–H and O–H groups in total. The van der Waals surface area contributed by atoms with Crippen LogP contribution in [0.1, 0.15) is 48.7 Å². The average Bonchev–Trinajstić information content (AvgIpc) is 3.62. The highest BCUT2D eigenvalue weighted by molar-refractivity contribution is 7.99. The number of likely N-dealkylation sites (tertiary alicyclic amines) is 1. The summed E-state index contributed by atoms with van der Waals surface area (Å²) in [5, 5.41) is 1.10. The number of nitrogens with two attached hydrogens (primary N) is 1. The van der Waals surface area contributed by atoms with Gasteiger partial charge in [0.05, 0.1) is 18.5 Å². The molecule has 2 aliphatic rings. The number of carbonyl (C=O) groups excluding carboxylic acids is 1. The maximum Gasteiger partial charge on any atom is 0.254 e. The van der Waals surface area contributed by atoms with E-state index in [-0.39, 0.29) is 18.0 Å². The van der Waals surface area contributed by atoms with Gasteiger partial charge in [-0.15, -0.1) is 0 Å². The van der Waals surface area contributed by atoms with Crippen molar-refractivity contribution in [1.29, 1.82) is 0 Å². The molecule has 4 aromatic heterocycles. The SMILES string of the molecule is COc1cc(C(=O)N2CC(N)CCC2C)cc2nc(-c3cc4ccc(N(C)SC)nc4n3CC3CC3)c(C)n12. The van der Waals surface area contributed by atoms with Gasteiger partial charge in [-0.25, -0.2) is 9.97 Å². The van der Waals surface area contributed by atoms with Crippen molar-refractivity contribution >= 4 is 40.4 Å². The van der Waals surface area contributed by atoms with Gasteiger partial charge in [0, 0.05) is 55.5 Å². The third kappa shape index (κ3) is 4.63. The molecule has 39 heavy (non-hydrogen) atoms. The number of fused-ring (bicyclic) bond motifs is 2. The molecule has 206 valence electrons. The standard InChI is InChI=1S/C29H37N7O2S/c1-17-6-10-22(30)16-34(17)29(37)21-13-25-31-27(18(2)36(25)26(14-21)38-4)23-12-20-9-11-24(33(3)39-5)32-28(20)35(23)15-19-7-8-19/h9,11-14,17,19,22H,6-8,10,15-16,30H2,1-5H3. The normalized spacial score (nSPS) is 19.7. The molecule has 4 aromatic rings. The molecule has 2 unspecified atom stereocenters. The van der Waals surface area contributed by atoms with Crippen molar-refractivity contribution in [3.8, 4) is 17.3 Å². The maximum absolute atomic E-state index is 13.6. The summed E-state index contributed by atoms with van der Waals surface area (Å²) in [4.78, 5) is 25.6. The zero-order chi connectivity index (χ0) is 27.4. The number of hydrogen-bond acceptors (Lipinski definition) is 7. The van der Waals surface area contributed by atoms with Gasteiger partial charge in [-0.1, -0.05) is 11.9 Å². The summed E-state index contributed by atoms with van der Waals surface area (Å²) in [6.07, 6.45) is 6.38. The predicted molar refractivity (Wildman–Crippen MR) is 158 cm³/mol. The number of ether oxygens (including phenoxy) is 1. The summed E-state index contributed by atoms with van der Waals surface area (Å²) >= 11 is 1.64. The Morgan fingerprint density at radius 1 is 1.18 bits per heavy atom. The molecular formula is C29H37N7O2S. The van der Waals surface area contributed by atoms with Crippen LogP contribution in [0.2, 0.25) is 0 Å². The Bertz CT molecular complexity index is 1560. The number of carbonyl (C=O) groups is 1. The number of piperidine rings is 1. The highest BCUT2D eigenvalue weighted by Crippen LogP contribution is 2.38. The third-order valence-electron chi connectivity index (χ3n) is 8.26. The molecule has 1 amide bonds. The quantitative estimate of drug-likeness (QED) is 0.334. The Kier molecular flexibility index (Phi) is 6.71. The van der Waals surface area contributed by atoms with Crippen molar-refractivity contribution in [3.63, 3.8) is 0 Å². The average molecular weight is 548 g/mol. The third-order valence-corrected chi connectivity index (χ3v) is 8.99. The van der Waals surface area contributed by atoms with E-state index in [1.165, 1.54) is 12.8 Å². The lowest BCUT2D eigenvalue weighted by molar-refractivity contribution is 0.0612. The van der Waals surface area contributed by atoms with Gasteiger partial charge in [0.25, 0.3) is 5.91 Å². The molecule has 0 radical (unpaired) electrons. The number of rotatable bonds is 7. The summed E-state index contributed by atoms with van der Waals surface area (Å²) < 4.78 is 12.2. The summed E-state index contributed by atoms with van der Waals surface area (Å²) in [7, 11) is 3.67. The van der Waals surface area contributed by atoms with Crippen LogP contribution in [0.5, 0.6) is 5.88 Å². The van der Waals surface area contributed by atoms with E-state index in [1.54, 1.807) is 19.1 Å². The molecule has 2 atom stereocenters. The van der Waals surface area contributed by atoms with E-state index in [4.69, 9.17) is 20.4 Å². The zero-order valence-electron chi connectivity index (χ0n) is 23.3. The number of pyridine rings is 2. The van der Waals surface area contributed by atoms with Gasteiger partial charge in [0.15, 0.2) is 5.88 Å². The molecule has 0 aromatic carbocycles. The number of methoxy groups -OCH3 is 1. The van der Waals surface area contributed by atoms with Crippen molar-refractivity contribution in [2.75, 3.05) is 31.3 Å². The first-order chi connectivity index (χ1) is 18.8.